The first-order chi connectivity index (χ1) is 9.79. The van der Waals surface area contributed by atoms with Crippen LogP contribution in [0, 0.1) is 0 Å². The lowest BCUT2D eigenvalue weighted by atomic mass is 10.1. The molecule has 1 aliphatic carbocycles. The van der Waals surface area contributed by atoms with Crippen LogP contribution in [-0.4, -0.2) is 30.4 Å². The Kier molecular flexibility index (Phi) is 6.09. The third kappa shape index (κ3) is 4.66. The molecule has 0 radical (unpaired) electrons. The molecule has 20 heavy (non-hydrogen) atoms. The molecule has 1 aromatic carbocycles. The Hall–Kier alpha value is -1.32. The molecule has 1 atom stereocenters. The number of benzene rings is 1. The van der Waals surface area contributed by atoms with Crippen LogP contribution in [0.15, 0.2) is 36.9 Å². The van der Waals surface area contributed by atoms with Gasteiger partial charge >= 0.3 is 0 Å². The van der Waals surface area contributed by atoms with Crippen molar-refractivity contribution >= 4 is 0 Å². The van der Waals surface area contributed by atoms with Crippen LogP contribution in [-0.2, 0) is 6.42 Å². The minimum atomic E-state index is -0.465. The van der Waals surface area contributed by atoms with Crippen molar-refractivity contribution in [1.82, 2.24) is 5.32 Å². The summed E-state index contributed by atoms with van der Waals surface area (Å²) < 4.78 is 5.73. The predicted octanol–water partition coefficient (Wildman–Crippen LogP) is 2.69. The van der Waals surface area contributed by atoms with Gasteiger partial charge in [-0.3, -0.25) is 0 Å². The molecule has 0 unspecified atom stereocenters. The van der Waals surface area contributed by atoms with Crippen LogP contribution < -0.4 is 10.1 Å². The fraction of sp³-hybridized carbons (Fsp3) is 0.529. The fourth-order valence-electron chi connectivity index (χ4n) is 2.65. The Morgan fingerprint density at radius 2 is 2.10 bits per heavy atom. The molecule has 0 amide bonds. The Morgan fingerprint density at radius 1 is 1.35 bits per heavy atom. The smallest absolute Gasteiger partial charge is 0.122 e. The van der Waals surface area contributed by atoms with Gasteiger partial charge in [0.2, 0.25) is 0 Å². The van der Waals surface area contributed by atoms with E-state index in [9.17, 15) is 5.11 Å². The molecule has 1 fully saturated rings. The highest BCUT2D eigenvalue weighted by atomic mass is 16.5. The Labute approximate surface area is 121 Å². The first kappa shape index (κ1) is 15.1. The number of nitrogens with one attached hydrogen (secondary N) is 1. The first-order valence-electron chi connectivity index (χ1n) is 7.52. The summed E-state index contributed by atoms with van der Waals surface area (Å²) in [4.78, 5) is 0. The van der Waals surface area contributed by atoms with E-state index in [0.29, 0.717) is 19.2 Å². The summed E-state index contributed by atoms with van der Waals surface area (Å²) >= 11 is 0. The molecule has 0 saturated heterocycles. The predicted molar refractivity (Wildman–Crippen MR) is 82.1 cm³/mol. The molecule has 3 heteroatoms. The normalized spacial score (nSPS) is 17.1. The molecule has 0 spiro atoms. The standard InChI is InChI=1S/C17H25NO2/c1-2-7-14-8-3-6-11-17(14)20-13-16(19)12-18-15-9-4-5-10-15/h2-3,6,8,11,15-16,18-19H,1,4-5,7,9-10,12-13H2/t16-/m0/s1. The van der Waals surface area contributed by atoms with E-state index in [1.807, 2.05) is 30.3 Å². The number of hydrogen-bond acceptors (Lipinski definition) is 3. The van der Waals surface area contributed by atoms with Gasteiger partial charge in [-0.1, -0.05) is 37.1 Å². The fourth-order valence-corrected chi connectivity index (χ4v) is 2.65. The van der Waals surface area contributed by atoms with E-state index in [0.717, 1.165) is 17.7 Å². The largest absolute Gasteiger partial charge is 0.491 e. The van der Waals surface area contributed by atoms with E-state index in [1.165, 1.54) is 25.7 Å². The lowest BCUT2D eigenvalue weighted by Crippen LogP contribution is -2.36. The molecule has 3 nitrogen and oxygen atoms in total. The van der Waals surface area contributed by atoms with Crippen LogP contribution in [0.2, 0.25) is 0 Å². The van der Waals surface area contributed by atoms with Gasteiger partial charge in [0.1, 0.15) is 18.5 Å². The highest BCUT2D eigenvalue weighted by Gasteiger charge is 2.16. The molecule has 2 rings (SSSR count). The number of para-hydroxylation sites is 1. The van der Waals surface area contributed by atoms with Crippen molar-refractivity contribution in [3.63, 3.8) is 0 Å². The van der Waals surface area contributed by atoms with E-state index in [4.69, 9.17) is 4.74 Å². The average molecular weight is 275 g/mol. The third-order valence-corrected chi connectivity index (χ3v) is 3.77. The molecule has 0 aromatic heterocycles. The van der Waals surface area contributed by atoms with Crippen molar-refractivity contribution in [3.8, 4) is 5.75 Å². The van der Waals surface area contributed by atoms with Crippen molar-refractivity contribution in [1.29, 1.82) is 0 Å². The molecule has 1 aromatic rings. The second-order valence-electron chi connectivity index (χ2n) is 5.45. The number of rotatable bonds is 8. The van der Waals surface area contributed by atoms with Crippen molar-refractivity contribution in [2.45, 2.75) is 44.2 Å². The monoisotopic (exact) mass is 275 g/mol. The maximum absolute atomic E-state index is 9.98. The van der Waals surface area contributed by atoms with Crippen molar-refractivity contribution < 1.29 is 9.84 Å². The maximum Gasteiger partial charge on any atom is 0.122 e. The highest BCUT2D eigenvalue weighted by molar-refractivity contribution is 5.34. The SMILES string of the molecule is C=CCc1ccccc1OC[C@@H](O)CNC1CCCC1. The zero-order valence-electron chi connectivity index (χ0n) is 12.1. The summed E-state index contributed by atoms with van der Waals surface area (Å²) in [7, 11) is 0. The second kappa shape index (κ2) is 8.08. The Bertz CT molecular complexity index is 413. The summed E-state index contributed by atoms with van der Waals surface area (Å²) in [5.41, 5.74) is 1.11. The van der Waals surface area contributed by atoms with E-state index in [-0.39, 0.29) is 0 Å². The quantitative estimate of drug-likeness (QED) is 0.717. The van der Waals surface area contributed by atoms with E-state index in [1.54, 1.807) is 0 Å². The first-order valence-corrected chi connectivity index (χ1v) is 7.52. The zero-order chi connectivity index (χ0) is 14.2. The summed E-state index contributed by atoms with van der Waals surface area (Å²) in [5.74, 6) is 0.840. The molecule has 1 aliphatic rings. The van der Waals surface area contributed by atoms with Crippen LogP contribution in [0.25, 0.3) is 0 Å². The topological polar surface area (TPSA) is 41.5 Å². The molecule has 2 N–H and O–H groups in total. The Balaban J connectivity index is 1.74. The molecule has 110 valence electrons. The van der Waals surface area contributed by atoms with Gasteiger partial charge < -0.3 is 15.2 Å². The zero-order valence-corrected chi connectivity index (χ0v) is 12.1. The van der Waals surface area contributed by atoms with Crippen molar-refractivity contribution in [2.75, 3.05) is 13.2 Å². The van der Waals surface area contributed by atoms with E-state index >= 15 is 0 Å². The molecule has 0 bridgehead atoms. The number of aliphatic hydroxyl groups excluding tert-OH is 1. The number of ether oxygens (including phenoxy) is 1. The van der Waals surface area contributed by atoms with Crippen LogP contribution in [0.3, 0.4) is 0 Å². The summed E-state index contributed by atoms with van der Waals surface area (Å²) in [6, 6.07) is 8.49. The lowest BCUT2D eigenvalue weighted by Gasteiger charge is -2.17. The summed E-state index contributed by atoms with van der Waals surface area (Å²) in [6.07, 6.45) is 7.25. The van der Waals surface area contributed by atoms with Gasteiger partial charge in [-0.15, -0.1) is 6.58 Å². The van der Waals surface area contributed by atoms with Gasteiger partial charge in [0.05, 0.1) is 0 Å². The molecule has 0 heterocycles. The minimum Gasteiger partial charge on any atom is -0.491 e. The van der Waals surface area contributed by atoms with Crippen LogP contribution in [0.1, 0.15) is 31.2 Å². The van der Waals surface area contributed by atoms with Gasteiger partial charge in [-0.2, -0.15) is 0 Å². The summed E-state index contributed by atoms with van der Waals surface area (Å²) in [5, 5.41) is 13.4. The van der Waals surface area contributed by atoms with Crippen molar-refractivity contribution in [2.24, 2.45) is 0 Å². The second-order valence-corrected chi connectivity index (χ2v) is 5.45. The lowest BCUT2D eigenvalue weighted by molar-refractivity contribution is 0.103. The van der Waals surface area contributed by atoms with E-state index < -0.39 is 6.10 Å². The maximum atomic E-state index is 9.98. The van der Waals surface area contributed by atoms with Crippen molar-refractivity contribution in [3.05, 3.63) is 42.5 Å². The van der Waals surface area contributed by atoms with Crippen LogP contribution in [0.5, 0.6) is 5.75 Å². The molecular formula is C17H25NO2. The Morgan fingerprint density at radius 3 is 2.85 bits per heavy atom. The molecule has 0 aliphatic heterocycles. The third-order valence-electron chi connectivity index (χ3n) is 3.77. The van der Waals surface area contributed by atoms with Gasteiger partial charge in [-0.25, -0.2) is 0 Å². The molecule has 1 saturated carbocycles. The molecular weight excluding hydrogens is 250 g/mol. The van der Waals surface area contributed by atoms with E-state index in [2.05, 4.69) is 11.9 Å². The average Bonchev–Trinajstić information content (AvgIpc) is 2.98. The minimum absolute atomic E-state index is 0.327. The van der Waals surface area contributed by atoms with Gasteiger partial charge in [-0.05, 0) is 30.9 Å². The van der Waals surface area contributed by atoms with Gasteiger partial charge in [0, 0.05) is 12.6 Å². The van der Waals surface area contributed by atoms with Crippen LogP contribution >= 0.6 is 0 Å². The van der Waals surface area contributed by atoms with Gasteiger partial charge in [0.25, 0.3) is 0 Å². The number of allylic oxidation sites excluding steroid dienone is 1. The highest BCUT2D eigenvalue weighted by Crippen LogP contribution is 2.19. The van der Waals surface area contributed by atoms with Crippen LogP contribution in [0.4, 0.5) is 0 Å². The van der Waals surface area contributed by atoms with Gasteiger partial charge in [0.15, 0.2) is 0 Å². The number of aliphatic hydroxyl groups is 1. The number of hydrogen-bond donors (Lipinski definition) is 2. The summed E-state index contributed by atoms with van der Waals surface area (Å²) in [6.45, 7) is 4.68.